The summed E-state index contributed by atoms with van der Waals surface area (Å²) in [6.45, 7) is 8.67. The van der Waals surface area contributed by atoms with Gasteiger partial charge in [-0.3, -0.25) is 0 Å². The van der Waals surface area contributed by atoms with E-state index in [4.69, 9.17) is 4.74 Å². The molecule has 0 aromatic heterocycles. The number of anilines is 1. The number of piperidine rings is 1. The Morgan fingerprint density at radius 2 is 2.04 bits per heavy atom. The van der Waals surface area contributed by atoms with Gasteiger partial charge in [-0.25, -0.2) is 4.79 Å². The van der Waals surface area contributed by atoms with Gasteiger partial charge in [-0.1, -0.05) is 12.1 Å². The summed E-state index contributed by atoms with van der Waals surface area (Å²) in [6, 6.07) is 7.07. The standard InChI is InChI=1S/C24H36N2O2/c1-17-15-20(13-14-26(17)23(27)28-24(2,3)4)19-11-12-22(25-5)21(16-19)18-9-7-6-8-10-18/h9,11-12,16-17,20,25H,6-8,10,13-15H2,1-5H3. The van der Waals surface area contributed by atoms with Crippen LogP contribution in [0.3, 0.4) is 0 Å². The van der Waals surface area contributed by atoms with Crippen molar-refractivity contribution in [1.29, 1.82) is 0 Å². The zero-order chi connectivity index (χ0) is 20.3. The van der Waals surface area contributed by atoms with Crippen LogP contribution in [0.5, 0.6) is 0 Å². The van der Waals surface area contributed by atoms with Crippen LogP contribution >= 0.6 is 0 Å². The molecule has 1 amide bonds. The molecule has 1 saturated heterocycles. The van der Waals surface area contributed by atoms with E-state index in [1.54, 1.807) is 0 Å². The minimum Gasteiger partial charge on any atom is -0.444 e. The van der Waals surface area contributed by atoms with Gasteiger partial charge in [-0.15, -0.1) is 0 Å². The molecular formula is C24H36N2O2. The fourth-order valence-electron chi connectivity index (χ4n) is 4.45. The van der Waals surface area contributed by atoms with Crippen molar-refractivity contribution in [3.05, 3.63) is 35.4 Å². The molecule has 4 heteroatoms. The maximum Gasteiger partial charge on any atom is 0.410 e. The molecule has 1 N–H and O–H groups in total. The predicted molar refractivity (Wildman–Crippen MR) is 117 cm³/mol. The molecule has 4 nitrogen and oxygen atoms in total. The van der Waals surface area contributed by atoms with Gasteiger partial charge in [0.2, 0.25) is 0 Å². The fourth-order valence-corrected chi connectivity index (χ4v) is 4.45. The number of allylic oxidation sites excluding steroid dienone is 2. The van der Waals surface area contributed by atoms with Crippen LogP contribution in [-0.4, -0.2) is 36.2 Å². The van der Waals surface area contributed by atoms with Crippen molar-refractivity contribution in [1.82, 2.24) is 4.90 Å². The molecule has 2 unspecified atom stereocenters. The van der Waals surface area contributed by atoms with E-state index in [0.717, 1.165) is 19.4 Å². The summed E-state index contributed by atoms with van der Waals surface area (Å²) >= 11 is 0. The highest BCUT2D eigenvalue weighted by atomic mass is 16.6. The summed E-state index contributed by atoms with van der Waals surface area (Å²) in [5, 5.41) is 3.37. The van der Waals surface area contributed by atoms with Crippen molar-refractivity contribution in [3.63, 3.8) is 0 Å². The topological polar surface area (TPSA) is 41.6 Å². The number of carbonyl (C=O) groups is 1. The van der Waals surface area contributed by atoms with E-state index < -0.39 is 5.60 Å². The zero-order valence-corrected chi connectivity index (χ0v) is 18.2. The lowest BCUT2D eigenvalue weighted by Gasteiger charge is -2.38. The van der Waals surface area contributed by atoms with Crippen molar-refractivity contribution in [2.24, 2.45) is 0 Å². The van der Waals surface area contributed by atoms with Crippen LogP contribution in [0.25, 0.3) is 5.57 Å². The summed E-state index contributed by atoms with van der Waals surface area (Å²) in [5.74, 6) is 0.488. The molecule has 2 atom stereocenters. The fraction of sp³-hybridized carbons (Fsp3) is 0.625. The Morgan fingerprint density at radius 1 is 1.25 bits per heavy atom. The van der Waals surface area contributed by atoms with Crippen LogP contribution in [0, 0.1) is 0 Å². The molecule has 2 aliphatic rings. The zero-order valence-electron chi connectivity index (χ0n) is 18.2. The Balaban J connectivity index is 1.75. The average Bonchev–Trinajstić information content (AvgIpc) is 2.66. The molecule has 1 aromatic carbocycles. The molecule has 3 rings (SSSR count). The second-order valence-electron chi connectivity index (χ2n) is 9.27. The first-order valence-electron chi connectivity index (χ1n) is 10.8. The number of carbonyl (C=O) groups excluding carboxylic acids is 1. The normalized spacial score (nSPS) is 23.2. The minimum absolute atomic E-state index is 0.183. The molecule has 28 heavy (non-hydrogen) atoms. The van der Waals surface area contributed by atoms with Crippen molar-refractivity contribution in [3.8, 4) is 0 Å². The summed E-state index contributed by atoms with van der Waals surface area (Å²) < 4.78 is 5.59. The second-order valence-corrected chi connectivity index (χ2v) is 9.27. The summed E-state index contributed by atoms with van der Waals surface area (Å²) in [5.41, 5.74) is 5.02. The van der Waals surface area contributed by atoms with Gasteiger partial charge in [0.1, 0.15) is 5.60 Å². The van der Waals surface area contributed by atoms with Crippen LogP contribution in [0.4, 0.5) is 10.5 Å². The van der Waals surface area contributed by atoms with Crippen molar-refractivity contribution in [2.45, 2.75) is 83.8 Å². The van der Waals surface area contributed by atoms with Crippen molar-refractivity contribution in [2.75, 3.05) is 18.9 Å². The Labute approximate surface area is 170 Å². The largest absolute Gasteiger partial charge is 0.444 e. The number of hydrogen-bond donors (Lipinski definition) is 1. The highest BCUT2D eigenvalue weighted by Crippen LogP contribution is 2.37. The first kappa shape index (κ1) is 20.8. The summed E-state index contributed by atoms with van der Waals surface area (Å²) in [4.78, 5) is 14.4. The van der Waals surface area contributed by atoms with Crippen LogP contribution in [0.15, 0.2) is 24.3 Å². The monoisotopic (exact) mass is 384 g/mol. The van der Waals surface area contributed by atoms with Crippen LogP contribution in [-0.2, 0) is 4.74 Å². The molecule has 0 saturated carbocycles. The molecule has 1 aromatic rings. The number of benzene rings is 1. The van der Waals surface area contributed by atoms with Gasteiger partial charge >= 0.3 is 6.09 Å². The van der Waals surface area contributed by atoms with Crippen LogP contribution < -0.4 is 5.32 Å². The Hall–Kier alpha value is -1.97. The molecule has 1 aliphatic heterocycles. The molecule has 1 fully saturated rings. The van der Waals surface area contributed by atoms with Gasteiger partial charge in [0.25, 0.3) is 0 Å². The quantitative estimate of drug-likeness (QED) is 0.675. The summed E-state index contributed by atoms with van der Waals surface area (Å²) in [6.07, 6.45) is 9.15. The van der Waals surface area contributed by atoms with Crippen molar-refractivity contribution < 1.29 is 9.53 Å². The Kier molecular flexibility index (Phi) is 6.36. The first-order chi connectivity index (χ1) is 13.3. The van der Waals surface area contributed by atoms with Crippen LogP contribution in [0.1, 0.15) is 83.3 Å². The molecule has 154 valence electrons. The lowest BCUT2D eigenvalue weighted by atomic mass is 9.83. The average molecular weight is 385 g/mol. The highest BCUT2D eigenvalue weighted by molar-refractivity contribution is 5.77. The van der Waals surface area contributed by atoms with Crippen molar-refractivity contribution >= 4 is 17.4 Å². The highest BCUT2D eigenvalue weighted by Gasteiger charge is 2.32. The molecule has 0 spiro atoms. The lowest BCUT2D eigenvalue weighted by Crippen LogP contribution is -2.46. The lowest BCUT2D eigenvalue weighted by molar-refractivity contribution is 0.0103. The molecule has 1 heterocycles. The molecule has 0 radical (unpaired) electrons. The number of hydrogen-bond acceptors (Lipinski definition) is 3. The molecule has 0 bridgehead atoms. The number of amides is 1. The van der Waals surface area contributed by atoms with Gasteiger partial charge in [0.05, 0.1) is 0 Å². The number of likely N-dealkylation sites (tertiary alicyclic amines) is 1. The van der Waals surface area contributed by atoms with Gasteiger partial charge in [0.15, 0.2) is 0 Å². The van der Waals surface area contributed by atoms with E-state index >= 15 is 0 Å². The van der Waals surface area contributed by atoms with E-state index in [1.165, 1.54) is 48.1 Å². The van der Waals surface area contributed by atoms with E-state index in [0.29, 0.717) is 5.92 Å². The van der Waals surface area contributed by atoms with E-state index in [-0.39, 0.29) is 12.1 Å². The third-order valence-corrected chi connectivity index (χ3v) is 5.93. The van der Waals surface area contributed by atoms with Gasteiger partial charge in [-0.2, -0.15) is 0 Å². The maximum atomic E-state index is 12.5. The Morgan fingerprint density at radius 3 is 2.64 bits per heavy atom. The molecular weight excluding hydrogens is 348 g/mol. The number of nitrogens with one attached hydrogen (secondary N) is 1. The van der Waals surface area contributed by atoms with Gasteiger partial charge in [-0.05, 0) is 95.4 Å². The van der Waals surface area contributed by atoms with Crippen LogP contribution in [0.2, 0.25) is 0 Å². The van der Waals surface area contributed by atoms with Gasteiger partial charge < -0.3 is 15.0 Å². The maximum absolute atomic E-state index is 12.5. The number of ether oxygens (including phenoxy) is 1. The third kappa shape index (κ3) is 4.89. The number of rotatable bonds is 3. The predicted octanol–water partition coefficient (Wildman–Crippen LogP) is 6.19. The number of nitrogens with zero attached hydrogens (tertiary/aromatic N) is 1. The second kappa shape index (κ2) is 8.59. The Bertz CT molecular complexity index is 733. The SMILES string of the molecule is CNc1ccc(C2CCN(C(=O)OC(C)(C)C)C(C)C2)cc1C1=CCCCC1. The van der Waals surface area contributed by atoms with E-state index in [2.05, 4.69) is 36.5 Å². The summed E-state index contributed by atoms with van der Waals surface area (Å²) in [7, 11) is 2.00. The third-order valence-electron chi connectivity index (χ3n) is 5.93. The smallest absolute Gasteiger partial charge is 0.410 e. The first-order valence-corrected chi connectivity index (χ1v) is 10.8. The van der Waals surface area contributed by atoms with E-state index in [9.17, 15) is 4.79 Å². The van der Waals surface area contributed by atoms with Gasteiger partial charge in [0, 0.05) is 30.9 Å². The van der Waals surface area contributed by atoms with E-state index in [1.807, 2.05) is 32.7 Å². The minimum atomic E-state index is -0.445. The molecule has 1 aliphatic carbocycles.